The van der Waals surface area contributed by atoms with Gasteiger partial charge in [0.25, 0.3) is 5.91 Å². The predicted octanol–water partition coefficient (Wildman–Crippen LogP) is 3.70. The van der Waals surface area contributed by atoms with Crippen LogP contribution >= 0.6 is 24.8 Å². The van der Waals surface area contributed by atoms with E-state index in [9.17, 15) is 9.18 Å². The smallest absolute Gasteiger partial charge is 0.267 e. The molecule has 0 radical (unpaired) electrons. The minimum absolute atomic E-state index is 0. The van der Waals surface area contributed by atoms with Gasteiger partial charge in [0, 0.05) is 18.8 Å². The Kier molecular flexibility index (Phi) is 10.2. The van der Waals surface area contributed by atoms with Gasteiger partial charge in [-0.1, -0.05) is 32.1 Å². The minimum atomic E-state index is -0.670. The molecule has 1 saturated heterocycles. The van der Waals surface area contributed by atoms with Gasteiger partial charge in [0.1, 0.15) is 0 Å². The Balaban J connectivity index is 0.00000196. The lowest BCUT2D eigenvalue weighted by atomic mass is 9.79. The topological polar surface area (TPSA) is 86.3 Å². The molecule has 6 nitrogen and oxygen atoms in total. The monoisotopic (exact) mass is 434 g/mol. The summed E-state index contributed by atoms with van der Waals surface area (Å²) in [6.45, 7) is 1.75. The first-order valence-corrected chi connectivity index (χ1v) is 9.37. The molecule has 1 aromatic rings. The number of hydrogen-bond donors (Lipinski definition) is 4. The lowest BCUT2D eigenvalue weighted by molar-refractivity contribution is -0.124. The molecule has 158 valence electrons. The number of hydrogen-bond acceptors (Lipinski definition) is 5. The van der Waals surface area contributed by atoms with Crippen molar-refractivity contribution in [1.29, 1.82) is 0 Å². The third-order valence-electron chi connectivity index (χ3n) is 5.43. The first-order valence-electron chi connectivity index (χ1n) is 9.37. The van der Waals surface area contributed by atoms with Gasteiger partial charge in [-0.25, -0.2) is 14.9 Å². The molecule has 1 aliphatic heterocycles. The predicted molar refractivity (Wildman–Crippen MR) is 113 cm³/mol. The van der Waals surface area contributed by atoms with Crippen molar-refractivity contribution in [3.8, 4) is 0 Å². The van der Waals surface area contributed by atoms with E-state index in [1.807, 2.05) is 0 Å². The lowest BCUT2D eigenvalue weighted by Crippen LogP contribution is -2.43. The lowest BCUT2D eigenvalue weighted by Gasteiger charge is -2.35. The van der Waals surface area contributed by atoms with Crippen molar-refractivity contribution in [2.24, 2.45) is 5.92 Å². The van der Waals surface area contributed by atoms with E-state index in [2.05, 4.69) is 15.6 Å². The summed E-state index contributed by atoms with van der Waals surface area (Å²) in [5.41, 5.74) is 1.81. The SMILES string of the molecule is Cl.Cl.O=C(/C=C/c1cnc(N[C@]2(CC3CCCCC3)CCNC2)c(F)c1)NO. The Morgan fingerprint density at radius 3 is 2.71 bits per heavy atom. The van der Waals surface area contributed by atoms with Crippen molar-refractivity contribution in [2.75, 3.05) is 18.4 Å². The van der Waals surface area contributed by atoms with Crippen molar-refractivity contribution in [3.63, 3.8) is 0 Å². The van der Waals surface area contributed by atoms with Crippen molar-refractivity contribution in [2.45, 2.75) is 50.5 Å². The Labute approximate surface area is 177 Å². The molecular weight excluding hydrogens is 406 g/mol. The number of nitrogens with one attached hydrogen (secondary N) is 3. The van der Waals surface area contributed by atoms with Gasteiger partial charge in [0.2, 0.25) is 0 Å². The standard InChI is InChI=1S/C19H27FN4O2.2ClH/c20-16-10-15(6-7-17(25)24-26)12-22-18(16)23-19(8-9-21-13-19)11-14-4-2-1-3-5-14;;/h6-7,10,12,14,21,26H,1-5,8-9,11,13H2,(H,22,23)(H,24,25);2*1H/b7-6+;;/t19-;;/m0../s1. The van der Waals surface area contributed by atoms with Gasteiger partial charge in [-0.3, -0.25) is 10.0 Å². The van der Waals surface area contributed by atoms with E-state index in [1.165, 1.54) is 55.9 Å². The van der Waals surface area contributed by atoms with E-state index < -0.39 is 11.7 Å². The molecule has 0 bridgehead atoms. The van der Waals surface area contributed by atoms with Crippen LogP contribution in [0, 0.1) is 11.7 Å². The Hall–Kier alpha value is -1.41. The van der Waals surface area contributed by atoms with E-state index in [0.717, 1.165) is 32.0 Å². The molecule has 2 heterocycles. The van der Waals surface area contributed by atoms with Crippen molar-refractivity contribution < 1.29 is 14.4 Å². The molecule has 2 fully saturated rings. The van der Waals surface area contributed by atoms with Crippen molar-refractivity contribution in [3.05, 3.63) is 29.7 Å². The number of carbonyl (C=O) groups excluding carboxylic acids is 1. The zero-order valence-corrected chi connectivity index (χ0v) is 17.4. The molecule has 3 rings (SSSR count). The van der Waals surface area contributed by atoms with Crippen LogP contribution < -0.4 is 16.1 Å². The molecule has 9 heteroatoms. The molecule has 1 atom stereocenters. The van der Waals surface area contributed by atoms with Gasteiger partial charge in [-0.15, -0.1) is 24.8 Å². The van der Waals surface area contributed by atoms with Crippen LogP contribution in [0.3, 0.4) is 0 Å². The van der Waals surface area contributed by atoms with Crippen LogP contribution in [0.5, 0.6) is 0 Å². The molecule has 2 aliphatic rings. The molecule has 1 aliphatic carbocycles. The quantitative estimate of drug-likeness (QED) is 0.311. The fourth-order valence-corrected chi connectivity index (χ4v) is 4.12. The normalized spacial score (nSPS) is 22.4. The van der Waals surface area contributed by atoms with Gasteiger partial charge >= 0.3 is 0 Å². The fourth-order valence-electron chi connectivity index (χ4n) is 4.12. The summed E-state index contributed by atoms with van der Waals surface area (Å²) >= 11 is 0. The summed E-state index contributed by atoms with van der Waals surface area (Å²) in [6, 6.07) is 1.34. The van der Waals surface area contributed by atoms with Crippen LogP contribution in [-0.4, -0.2) is 34.7 Å². The molecule has 4 N–H and O–H groups in total. The highest BCUT2D eigenvalue weighted by Crippen LogP contribution is 2.35. The first kappa shape index (κ1) is 24.6. The number of rotatable bonds is 6. The minimum Gasteiger partial charge on any atom is -0.361 e. The fraction of sp³-hybridized carbons (Fsp3) is 0.579. The third kappa shape index (κ3) is 6.58. The number of carbonyl (C=O) groups is 1. The zero-order valence-electron chi connectivity index (χ0n) is 15.7. The summed E-state index contributed by atoms with van der Waals surface area (Å²) in [4.78, 5) is 15.2. The average molecular weight is 435 g/mol. The molecule has 0 unspecified atom stereocenters. The second-order valence-corrected chi connectivity index (χ2v) is 7.45. The summed E-state index contributed by atoms with van der Waals surface area (Å²) in [7, 11) is 0. The number of hydroxylamine groups is 1. The average Bonchev–Trinajstić information content (AvgIpc) is 3.10. The van der Waals surface area contributed by atoms with Crippen molar-refractivity contribution in [1.82, 2.24) is 15.8 Å². The number of amides is 1. The number of pyridine rings is 1. The van der Waals surface area contributed by atoms with E-state index in [1.54, 1.807) is 0 Å². The highest BCUT2D eigenvalue weighted by molar-refractivity contribution is 5.90. The number of nitrogens with zero attached hydrogens (tertiary/aromatic N) is 1. The highest BCUT2D eigenvalue weighted by atomic mass is 35.5. The summed E-state index contributed by atoms with van der Waals surface area (Å²) in [6.07, 6.45) is 12.5. The maximum absolute atomic E-state index is 14.5. The summed E-state index contributed by atoms with van der Waals surface area (Å²) in [5, 5.41) is 15.3. The summed E-state index contributed by atoms with van der Waals surface area (Å²) in [5.74, 6) is -0.158. The Morgan fingerprint density at radius 1 is 1.36 bits per heavy atom. The number of aromatic nitrogens is 1. The maximum Gasteiger partial charge on any atom is 0.267 e. The molecule has 28 heavy (non-hydrogen) atoms. The van der Waals surface area contributed by atoms with E-state index >= 15 is 0 Å². The van der Waals surface area contributed by atoms with Crippen LogP contribution in [0.15, 0.2) is 18.3 Å². The molecule has 1 aromatic heterocycles. The van der Waals surface area contributed by atoms with Crippen molar-refractivity contribution >= 4 is 42.6 Å². The molecule has 0 aromatic carbocycles. The molecule has 1 amide bonds. The van der Waals surface area contributed by atoms with Crippen LogP contribution in [0.1, 0.15) is 50.5 Å². The van der Waals surface area contributed by atoms with Crippen LogP contribution in [0.4, 0.5) is 10.2 Å². The highest BCUT2D eigenvalue weighted by Gasteiger charge is 2.37. The van der Waals surface area contributed by atoms with Gasteiger partial charge in [0.05, 0.1) is 5.54 Å². The molecule has 0 spiro atoms. The maximum atomic E-state index is 14.5. The first-order chi connectivity index (χ1) is 12.6. The number of anilines is 1. The molecular formula is C19H29Cl2FN4O2. The van der Waals surface area contributed by atoms with Crippen LogP contribution in [0.25, 0.3) is 6.08 Å². The molecule has 1 saturated carbocycles. The van der Waals surface area contributed by atoms with E-state index in [4.69, 9.17) is 5.21 Å². The largest absolute Gasteiger partial charge is 0.361 e. The van der Waals surface area contributed by atoms with Gasteiger partial charge in [0.15, 0.2) is 11.6 Å². The van der Waals surface area contributed by atoms with Crippen LogP contribution in [-0.2, 0) is 4.79 Å². The van der Waals surface area contributed by atoms with E-state index in [-0.39, 0.29) is 36.2 Å². The van der Waals surface area contributed by atoms with Gasteiger partial charge < -0.3 is 10.6 Å². The van der Waals surface area contributed by atoms with E-state index in [0.29, 0.717) is 11.5 Å². The third-order valence-corrected chi connectivity index (χ3v) is 5.43. The second kappa shape index (κ2) is 11.6. The van der Waals surface area contributed by atoms with Gasteiger partial charge in [-0.05, 0) is 43.0 Å². The zero-order chi connectivity index (χ0) is 18.4. The second-order valence-electron chi connectivity index (χ2n) is 7.45. The Morgan fingerprint density at radius 2 is 2.11 bits per heavy atom. The number of halogens is 3. The summed E-state index contributed by atoms with van der Waals surface area (Å²) < 4.78 is 14.5. The Bertz CT molecular complexity index is 663. The van der Waals surface area contributed by atoms with Crippen LogP contribution in [0.2, 0.25) is 0 Å². The van der Waals surface area contributed by atoms with Gasteiger partial charge in [-0.2, -0.15) is 0 Å².